The summed E-state index contributed by atoms with van der Waals surface area (Å²) in [6.07, 6.45) is 2.47. The number of aliphatic hydroxyl groups is 1. The van der Waals surface area contributed by atoms with Crippen molar-refractivity contribution >= 4 is 0 Å². The van der Waals surface area contributed by atoms with E-state index in [1.165, 1.54) is 0 Å². The fourth-order valence-electron chi connectivity index (χ4n) is 1.91. The van der Waals surface area contributed by atoms with E-state index >= 15 is 0 Å². The van der Waals surface area contributed by atoms with Gasteiger partial charge >= 0.3 is 0 Å². The number of aromatic nitrogens is 3. The van der Waals surface area contributed by atoms with E-state index < -0.39 is 6.10 Å². The number of nitrogens with zero attached hydrogens (tertiary/aromatic N) is 3. The number of hydrogen-bond donors (Lipinski definition) is 1. The van der Waals surface area contributed by atoms with Crippen LogP contribution in [0.4, 0.5) is 0 Å². The standard InChI is InChI=1S/C13H17N3O2/c1-4-16-12(11(18-3)8-15-16)13(17)10-7-9(2)5-6-14-10/h5-8,13,17H,4H2,1-3H3. The smallest absolute Gasteiger partial charge is 0.163 e. The van der Waals surface area contributed by atoms with Crippen molar-refractivity contribution in [2.24, 2.45) is 0 Å². The fourth-order valence-corrected chi connectivity index (χ4v) is 1.91. The lowest BCUT2D eigenvalue weighted by atomic mass is 10.1. The zero-order valence-electron chi connectivity index (χ0n) is 10.8. The van der Waals surface area contributed by atoms with Crippen molar-refractivity contribution in [2.45, 2.75) is 26.5 Å². The SMILES string of the molecule is CCn1ncc(OC)c1C(O)c1cc(C)ccn1. The third kappa shape index (κ3) is 2.22. The Bertz CT molecular complexity index is 515. The molecule has 0 spiro atoms. The van der Waals surface area contributed by atoms with Crippen LogP contribution in [0.1, 0.15) is 30.0 Å². The summed E-state index contributed by atoms with van der Waals surface area (Å²) in [7, 11) is 1.57. The average Bonchev–Trinajstić information content (AvgIpc) is 2.80. The molecule has 18 heavy (non-hydrogen) atoms. The summed E-state index contributed by atoms with van der Waals surface area (Å²) in [4.78, 5) is 4.20. The average molecular weight is 247 g/mol. The van der Waals surface area contributed by atoms with Crippen LogP contribution in [-0.2, 0) is 6.54 Å². The van der Waals surface area contributed by atoms with Crippen LogP contribution in [0.5, 0.6) is 5.75 Å². The molecule has 2 heterocycles. The topological polar surface area (TPSA) is 60.2 Å². The molecule has 0 fully saturated rings. The highest BCUT2D eigenvalue weighted by Crippen LogP contribution is 2.29. The minimum atomic E-state index is -0.831. The summed E-state index contributed by atoms with van der Waals surface area (Å²) in [5, 5.41) is 14.6. The highest BCUT2D eigenvalue weighted by atomic mass is 16.5. The Morgan fingerprint density at radius 2 is 2.28 bits per heavy atom. The van der Waals surface area contributed by atoms with Gasteiger partial charge in [0, 0.05) is 12.7 Å². The molecule has 0 aromatic carbocycles. The summed E-state index contributed by atoms with van der Waals surface area (Å²) < 4.78 is 6.95. The Labute approximate surface area is 106 Å². The van der Waals surface area contributed by atoms with Gasteiger partial charge in [-0.15, -0.1) is 0 Å². The zero-order valence-corrected chi connectivity index (χ0v) is 10.8. The molecule has 5 heteroatoms. The molecule has 2 aromatic heterocycles. The summed E-state index contributed by atoms with van der Waals surface area (Å²) in [6.45, 7) is 4.60. The quantitative estimate of drug-likeness (QED) is 0.893. The van der Waals surface area contributed by atoms with Crippen molar-refractivity contribution in [3.63, 3.8) is 0 Å². The summed E-state index contributed by atoms with van der Waals surface area (Å²) in [5.74, 6) is 0.577. The largest absolute Gasteiger partial charge is 0.493 e. The van der Waals surface area contributed by atoms with Gasteiger partial charge in [0.25, 0.3) is 0 Å². The monoisotopic (exact) mass is 247 g/mol. The van der Waals surface area contributed by atoms with Crippen LogP contribution >= 0.6 is 0 Å². The van der Waals surface area contributed by atoms with E-state index in [2.05, 4.69) is 10.1 Å². The van der Waals surface area contributed by atoms with Crippen molar-refractivity contribution in [3.05, 3.63) is 41.5 Å². The second-order valence-electron chi connectivity index (χ2n) is 4.07. The second-order valence-corrected chi connectivity index (χ2v) is 4.07. The molecule has 0 radical (unpaired) electrons. The van der Waals surface area contributed by atoms with Crippen molar-refractivity contribution < 1.29 is 9.84 Å². The Morgan fingerprint density at radius 3 is 2.89 bits per heavy atom. The van der Waals surface area contributed by atoms with Crippen molar-refractivity contribution in [1.29, 1.82) is 0 Å². The normalized spacial score (nSPS) is 12.4. The van der Waals surface area contributed by atoms with Gasteiger partial charge in [0.15, 0.2) is 5.75 Å². The molecule has 2 aromatic rings. The lowest BCUT2D eigenvalue weighted by molar-refractivity contribution is 0.198. The summed E-state index contributed by atoms with van der Waals surface area (Å²) in [6, 6.07) is 3.75. The van der Waals surface area contributed by atoms with E-state index in [1.807, 2.05) is 26.0 Å². The maximum atomic E-state index is 10.4. The van der Waals surface area contributed by atoms with Crippen LogP contribution in [0.2, 0.25) is 0 Å². The van der Waals surface area contributed by atoms with Crippen LogP contribution in [0.3, 0.4) is 0 Å². The van der Waals surface area contributed by atoms with E-state index in [0.29, 0.717) is 23.7 Å². The van der Waals surface area contributed by atoms with Crippen LogP contribution in [0.15, 0.2) is 24.5 Å². The van der Waals surface area contributed by atoms with E-state index in [9.17, 15) is 5.11 Å². The summed E-state index contributed by atoms with van der Waals surface area (Å²) >= 11 is 0. The van der Waals surface area contributed by atoms with Gasteiger partial charge in [0.2, 0.25) is 0 Å². The first-order valence-electron chi connectivity index (χ1n) is 5.87. The molecule has 0 aliphatic heterocycles. The molecule has 1 unspecified atom stereocenters. The minimum Gasteiger partial charge on any atom is -0.493 e. The number of aliphatic hydroxyl groups excluding tert-OH is 1. The molecule has 0 aliphatic carbocycles. The predicted octanol–water partition coefficient (Wildman–Crippen LogP) is 1.70. The highest BCUT2D eigenvalue weighted by molar-refractivity contribution is 5.33. The first-order chi connectivity index (χ1) is 8.67. The van der Waals surface area contributed by atoms with E-state index in [4.69, 9.17) is 4.74 Å². The molecule has 2 rings (SSSR count). The molecular weight excluding hydrogens is 230 g/mol. The lowest BCUT2D eigenvalue weighted by Gasteiger charge is -2.14. The van der Waals surface area contributed by atoms with Crippen molar-refractivity contribution in [3.8, 4) is 5.75 Å². The maximum absolute atomic E-state index is 10.4. The molecule has 96 valence electrons. The first kappa shape index (κ1) is 12.6. The van der Waals surface area contributed by atoms with Crippen LogP contribution < -0.4 is 4.74 Å². The number of pyridine rings is 1. The van der Waals surface area contributed by atoms with Gasteiger partial charge < -0.3 is 9.84 Å². The summed E-state index contributed by atoms with van der Waals surface area (Å²) in [5.41, 5.74) is 2.29. The number of hydrogen-bond acceptors (Lipinski definition) is 4. The predicted molar refractivity (Wildman–Crippen MR) is 67.5 cm³/mol. The molecule has 0 amide bonds. The van der Waals surface area contributed by atoms with Gasteiger partial charge in [-0.3, -0.25) is 9.67 Å². The van der Waals surface area contributed by atoms with Gasteiger partial charge in [-0.05, 0) is 31.5 Å². The number of ether oxygens (including phenoxy) is 1. The van der Waals surface area contributed by atoms with Crippen molar-refractivity contribution in [2.75, 3.05) is 7.11 Å². The molecule has 1 atom stereocenters. The molecule has 0 bridgehead atoms. The first-order valence-corrected chi connectivity index (χ1v) is 5.87. The molecule has 1 N–H and O–H groups in total. The Kier molecular flexibility index (Phi) is 3.62. The van der Waals surface area contributed by atoms with Gasteiger partial charge in [-0.2, -0.15) is 5.10 Å². The fraction of sp³-hybridized carbons (Fsp3) is 0.385. The van der Waals surface area contributed by atoms with E-state index in [0.717, 1.165) is 5.56 Å². The van der Waals surface area contributed by atoms with Gasteiger partial charge in [0.1, 0.15) is 11.8 Å². The maximum Gasteiger partial charge on any atom is 0.163 e. The molecule has 0 saturated carbocycles. The number of aryl methyl sites for hydroxylation is 2. The molecule has 0 saturated heterocycles. The third-order valence-corrected chi connectivity index (χ3v) is 2.84. The number of rotatable bonds is 4. The number of methoxy groups -OCH3 is 1. The van der Waals surface area contributed by atoms with E-state index in [-0.39, 0.29) is 0 Å². The molecule has 0 aliphatic rings. The zero-order chi connectivity index (χ0) is 13.1. The highest BCUT2D eigenvalue weighted by Gasteiger charge is 2.22. The Balaban J connectivity index is 2.44. The van der Waals surface area contributed by atoms with E-state index in [1.54, 1.807) is 24.2 Å². The Hall–Kier alpha value is -1.88. The van der Waals surface area contributed by atoms with Gasteiger partial charge in [-0.1, -0.05) is 0 Å². The molecule has 5 nitrogen and oxygen atoms in total. The van der Waals surface area contributed by atoms with Gasteiger partial charge in [0.05, 0.1) is 19.0 Å². The molecular formula is C13H17N3O2. The third-order valence-electron chi connectivity index (χ3n) is 2.84. The van der Waals surface area contributed by atoms with Crippen molar-refractivity contribution in [1.82, 2.24) is 14.8 Å². The second kappa shape index (κ2) is 5.18. The van der Waals surface area contributed by atoms with Crippen LogP contribution in [0.25, 0.3) is 0 Å². The minimum absolute atomic E-state index is 0.577. The van der Waals surface area contributed by atoms with Crippen LogP contribution in [-0.4, -0.2) is 27.0 Å². The van der Waals surface area contributed by atoms with Crippen LogP contribution in [0, 0.1) is 6.92 Å². The van der Waals surface area contributed by atoms with Gasteiger partial charge in [-0.25, -0.2) is 0 Å². The lowest BCUT2D eigenvalue weighted by Crippen LogP contribution is -2.11. The Morgan fingerprint density at radius 1 is 1.50 bits per heavy atom.